The molecule has 0 fully saturated rings. The van der Waals surface area contributed by atoms with Gasteiger partial charge in [-0.15, -0.1) is 0 Å². The van der Waals surface area contributed by atoms with Gasteiger partial charge < -0.3 is 4.84 Å². The van der Waals surface area contributed by atoms with Crippen LogP contribution in [0.2, 0.25) is 10.0 Å². The fourth-order valence-corrected chi connectivity index (χ4v) is 5.92. The van der Waals surface area contributed by atoms with Crippen molar-refractivity contribution < 1.29 is 22.2 Å². The van der Waals surface area contributed by atoms with Crippen LogP contribution in [-0.2, 0) is 26.7 Å². The van der Waals surface area contributed by atoms with Crippen molar-refractivity contribution in [2.75, 3.05) is 6.26 Å². The van der Waals surface area contributed by atoms with Crippen LogP contribution in [0.4, 0.5) is 13.2 Å². The highest BCUT2D eigenvalue weighted by Gasteiger charge is 2.62. The second-order valence-corrected chi connectivity index (χ2v) is 12.2. The van der Waals surface area contributed by atoms with Gasteiger partial charge in [0.1, 0.15) is 0 Å². The molecule has 1 heterocycles. The highest BCUT2D eigenvalue weighted by atomic mass is 79.9. The molecule has 3 aromatic rings. The van der Waals surface area contributed by atoms with Crippen LogP contribution in [-0.4, -0.2) is 22.4 Å². The van der Waals surface area contributed by atoms with Crippen molar-refractivity contribution in [2.45, 2.75) is 29.6 Å². The monoisotopic (exact) mass is 604 g/mol. The minimum Gasteiger partial charge on any atom is -0.374 e. The van der Waals surface area contributed by atoms with Crippen LogP contribution in [0.5, 0.6) is 0 Å². The van der Waals surface area contributed by atoms with Gasteiger partial charge in [-0.1, -0.05) is 74.6 Å². The SMILES string of the molecule is CS(=O)(=NCc1ccc(C2=NOC(c3cc(Cl)cc(Cl)c3)(C(F)(F)F)C2)cc1)c1cccc(Br)c1. The zero-order chi connectivity index (χ0) is 25.4. The van der Waals surface area contributed by atoms with E-state index in [1.54, 1.807) is 48.7 Å². The maximum Gasteiger partial charge on any atom is 0.435 e. The number of rotatable bonds is 5. The molecule has 1 aliphatic rings. The topological polar surface area (TPSA) is 51.0 Å². The molecule has 0 bridgehead atoms. The van der Waals surface area contributed by atoms with Gasteiger partial charge in [0.2, 0.25) is 0 Å². The maximum atomic E-state index is 14.2. The molecule has 0 spiro atoms. The van der Waals surface area contributed by atoms with E-state index in [9.17, 15) is 17.4 Å². The summed E-state index contributed by atoms with van der Waals surface area (Å²) in [6.07, 6.45) is -3.74. The van der Waals surface area contributed by atoms with Crippen LogP contribution < -0.4 is 0 Å². The summed E-state index contributed by atoms with van der Waals surface area (Å²) in [7, 11) is -2.62. The van der Waals surface area contributed by atoms with E-state index >= 15 is 0 Å². The van der Waals surface area contributed by atoms with E-state index < -0.39 is 27.9 Å². The minimum atomic E-state index is -4.77. The molecule has 11 heteroatoms. The van der Waals surface area contributed by atoms with E-state index in [0.29, 0.717) is 10.5 Å². The Hall–Kier alpha value is -2.07. The largest absolute Gasteiger partial charge is 0.435 e. The van der Waals surface area contributed by atoms with Crippen LogP contribution in [0.25, 0.3) is 0 Å². The molecule has 0 amide bonds. The summed E-state index contributed by atoms with van der Waals surface area (Å²) in [6, 6.07) is 17.5. The highest BCUT2D eigenvalue weighted by Crippen LogP contribution is 2.49. The van der Waals surface area contributed by atoms with Crippen molar-refractivity contribution in [3.63, 3.8) is 0 Å². The Labute approximate surface area is 219 Å². The van der Waals surface area contributed by atoms with Gasteiger partial charge in [-0.3, -0.25) is 0 Å². The first-order chi connectivity index (χ1) is 16.4. The molecule has 0 aliphatic carbocycles. The van der Waals surface area contributed by atoms with Crippen LogP contribution in [0.1, 0.15) is 23.1 Å². The number of hydrogen-bond donors (Lipinski definition) is 0. The number of nitrogens with zero attached hydrogens (tertiary/aromatic N) is 2. The minimum absolute atomic E-state index is 0.0663. The lowest BCUT2D eigenvalue weighted by molar-refractivity contribution is -0.275. The Morgan fingerprint density at radius 3 is 2.34 bits per heavy atom. The molecule has 0 saturated carbocycles. The number of halogens is 6. The average Bonchev–Trinajstić information content (AvgIpc) is 3.25. The molecule has 1 aliphatic heterocycles. The maximum absolute atomic E-state index is 14.2. The Morgan fingerprint density at radius 1 is 1.09 bits per heavy atom. The highest BCUT2D eigenvalue weighted by molar-refractivity contribution is 9.10. The van der Waals surface area contributed by atoms with Gasteiger partial charge in [0, 0.05) is 37.7 Å². The fourth-order valence-electron chi connectivity index (χ4n) is 3.62. The molecule has 35 heavy (non-hydrogen) atoms. The number of hydrogen-bond acceptors (Lipinski definition) is 4. The predicted octanol–water partition coefficient (Wildman–Crippen LogP) is 8.00. The van der Waals surface area contributed by atoms with E-state index in [4.69, 9.17) is 28.0 Å². The Kier molecular flexibility index (Phi) is 7.26. The van der Waals surface area contributed by atoms with E-state index in [0.717, 1.165) is 10.0 Å². The van der Waals surface area contributed by atoms with Crippen LogP contribution in [0.15, 0.2) is 85.6 Å². The molecule has 0 saturated heterocycles. The second kappa shape index (κ2) is 9.76. The van der Waals surface area contributed by atoms with Crippen molar-refractivity contribution in [1.82, 2.24) is 0 Å². The normalized spacial score (nSPS) is 19.6. The van der Waals surface area contributed by atoms with E-state index in [2.05, 4.69) is 25.4 Å². The smallest absolute Gasteiger partial charge is 0.374 e. The zero-order valence-corrected chi connectivity index (χ0v) is 22.1. The van der Waals surface area contributed by atoms with Gasteiger partial charge in [-0.05, 0) is 47.5 Å². The molecule has 0 N–H and O–H groups in total. The molecule has 0 radical (unpaired) electrons. The van der Waals surface area contributed by atoms with Crippen LogP contribution >= 0.6 is 39.1 Å². The van der Waals surface area contributed by atoms with Crippen LogP contribution in [0.3, 0.4) is 0 Å². The van der Waals surface area contributed by atoms with Crippen molar-refractivity contribution in [3.8, 4) is 0 Å². The Morgan fingerprint density at radius 2 is 1.74 bits per heavy atom. The van der Waals surface area contributed by atoms with Gasteiger partial charge in [0.05, 0.1) is 22.0 Å². The first-order valence-corrected chi connectivity index (χ1v) is 13.7. The molecule has 0 aromatic heterocycles. The lowest BCUT2D eigenvalue weighted by atomic mass is 9.86. The lowest BCUT2D eigenvalue weighted by Gasteiger charge is -2.29. The standard InChI is InChI=1S/C24H18BrCl2F3N2O2S/c1-35(33,21-4-2-3-18(25)11-21)31-14-15-5-7-16(8-6-15)22-13-23(34-32-22,24(28,29)30)17-9-19(26)12-20(27)10-17/h2-12H,13-14H2,1H3. The summed E-state index contributed by atoms with van der Waals surface area (Å²) in [5.41, 5.74) is -1.56. The van der Waals surface area contributed by atoms with Crippen molar-refractivity contribution in [1.29, 1.82) is 0 Å². The predicted molar refractivity (Wildman–Crippen MR) is 135 cm³/mol. The molecule has 4 nitrogen and oxygen atoms in total. The van der Waals surface area contributed by atoms with Gasteiger partial charge in [0.25, 0.3) is 5.60 Å². The quantitative estimate of drug-likeness (QED) is 0.296. The molecule has 2 unspecified atom stereocenters. The fraction of sp³-hybridized carbons (Fsp3) is 0.208. The van der Waals surface area contributed by atoms with E-state index in [1.165, 1.54) is 18.2 Å². The summed E-state index contributed by atoms with van der Waals surface area (Å²) in [4.78, 5) is 5.64. The molecular formula is C24H18BrCl2F3N2O2S. The van der Waals surface area contributed by atoms with Gasteiger partial charge in [0.15, 0.2) is 0 Å². The summed E-state index contributed by atoms with van der Waals surface area (Å²) in [5, 5.41) is 3.89. The summed E-state index contributed by atoms with van der Waals surface area (Å²) in [5.74, 6) is 0. The van der Waals surface area contributed by atoms with Crippen molar-refractivity contribution in [3.05, 3.63) is 97.9 Å². The molecule has 2 atom stereocenters. The van der Waals surface area contributed by atoms with E-state index in [1.807, 2.05) is 6.07 Å². The lowest BCUT2D eigenvalue weighted by Crippen LogP contribution is -2.42. The molecule has 3 aromatic carbocycles. The van der Waals surface area contributed by atoms with Gasteiger partial charge >= 0.3 is 6.18 Å². The molecule has 184 valence electrons. The number of benzene rings is 3. The molecular weight excluding hydrogens is 588 g/mol. The van der Waals surface area contributed by atoms with Gasteiger partial charge in [-0.25, -0.2) is 8.57 Å². The number of oxime groups is 1. The molecule has 4 rings (SSSR count). The number of alkyl halides is 3. The third kappa shape index (κ3) is 5.53. The third-order valence-electron chi connectivity index (χ3n) is 5.53. The third-order valence-corrected chi connectivity index (χ3v) is 8.21. The average molecular weight is 606 g/mol. The van der Waals surface area contributed by atoms with Gasteiger partial charge in [-0.2, -0.15) is 13.2 Å². The summed E-state index contributed by atoms with van der Waals surface area (Å²) < 4.78 is 60.7. The zero-order valence-electron chi connectivity index (χ0n) is 18.2. The van der Waals surface area contributed by atoms with E-state index in [-0.39, 0.29) is 27.9 Å². The first kappa shape index (κ1) is 26.0. The Balaban J connectivity index is 1.55. The van der Waals surface area contributed by atoms with Crippen molar-refractivity contribution >= 4 is 54.6 Å². The van der Waals surface area contributed by atoms with Crippen LogP contribution in [0, 0.1) is 0 Å². The second-order valence-electron chi connectivity index (χ2n) is 8.03. The van der Waals surface area contributed by atoms with Crippen molar-refractivity contribution in [2.24, 2.45) is 9.52 Å². The summed E-state index contributed by atoms with van der Waals surface area (Å²) >= 11 is 15.2. The Bertz CT molecular complexity index is 1400. The summed E-state index contributed by atoms with van der Waals surface area (Å²) in [6.45, 7) is 0.179. The first-order valence-electron chi connectivity index (χ1n) is 10.2.